The molecule has 3 nitrogen and oxygen atoms in total. The second-order valence-electron chi connectivity index (χ2n) is 3.87. The highest BCUT2D eigenvalue weighted by Crippen LogP contribution is 2.29. The minimum atomic E-state index is 0.560. The third-order valence-corrected chi connectivity index (χ3v) is 2.87. The third-order valence-electron chi connectivity index (χ3n) is 2.57. The van der Waals surface area contributed by atoms with Crippen LogP contribution >= 0.6 is 11.6 Å². The molecule has 0 spiro atoms. The van der Waals surface area contributed by atoms with Crippen LogP contribution in [-0.2, 0) is 13.0 Å². The van der Waals surface area contributed by atoms with Crippen molar-refractivity contribution < 1.29 is 4.74 Å². The summed E-state index contributed by atoms with van der Waals surface area (Å²) in [6.45, 7) is 5.05. The number of ether oxygens (including phenoxy) is 1. The van der Waals surface area contributed by atoms with E-state index in [1.54, 1.807) is 12.5 Å². The molecule has 1 aromatic carbocycles. The van der Waals surface area contributed by atoms with Gasteiger partial charge in [-0.3, -0.25) is 0 Å². The van der Waals surface area contributed by atoms with Gasteiger partial charge in [-0.25, -0.2) is 4.98 Å². The van der Waals surface area contributed by atoms with Crippen molar-refractivity contribution in [1.82, 2.24) is 9.55 Å². The molecule has 18 heavy (non-hydrogen) atoms. The second kappa shape index (κ2) is 6.26. The van der Waals surface area contributed by atoms with Gasteiger partial charge in [-0.2, -0.15) is 0 Å². The summed E-state index contributed by atoms with van der Waals surface area (Å²) in [4.78, 5) is 3.98. The highest BCUT2D eigenvalue weighted by molar-refractivity contribution is 6.32. The lowest BCUT2D eigenvalue weighted by molar-refractivity contribution is 0.296. The van der Waals surface area contributed by atoms with Gasteiger partial charge in [-0.05, 0) is 18.1 Å². The Morgan fingerprint density at radius 2 is 2.33 bits per heavy atom. The Bertz CT molecular complexity index is 509. The van der Waals surface area contributed by atoms with Crippen LogP contribution in [0.25, 0.3) is 0 Å². The first kappa shape index (κ1) is 12.7. The number of benzene rings is 1. The lowest BCUT2D eigenvalue weighted by atomic mass is 10.1. The maximum Gasteiger partial charge on any atom is 0.141 e. The Hall–Kier alpha value is -1.74. The molecule has 0 aliphatic rings. The summed E-state index contributed by atoms with van der Waals surface area (Å²) in [5.74, 6) is 0.749. The minimum absolute atomic E-state index is 0.560. The van der Waals surface area contributed by atoms with E-state index in [0.29, 0.717) is 11.6 Å². The highest BCUT2D eigenvalue weighted by atomic mass is 35.5. The van der Waals surface area contributed by atoms with Crippen LogP contribution in [0.15, 0.2) is 49.6 Å². The van der Waals surface area contributed by atoms with E-state index in [-0.39, 0.29) is 0 Å². The van der Waals surface area contributed by atoms with Crippen LogP contribution in [0.5, 0.6) is 5.75 Å². The summed E-state index contributed by atoms with van der Waals surface area (Å²) in [6.07, 6.45) is 8.01. The fourth-order valence-electron chi connectivity index (χ4n) is 1.70. The van der Waals surface area contributed by atoms with E-state index < -0.39 is 0 Å². The van der Waals surface area contributed by atoms with Crippen molar-refractivity contribution in [2.75, 3.05) is 6.61 Å². The molecule has 0 amide bonds. The van der Waals surface area contributed by atoms with Crippen molar-refractivity contribution in [3.63, 3.8) is 0 Å². The molecule has 0 radical (unpaired) electrons. The molecule has 0 fully saturated rings. The number of halogens is 1. The van der Waals surface area contributed by atoms with Gasteiger partial charge in [0.25, 0.3) is 0 Å². The van der Waals surface area contributed by atoms with Crippen LogP contribution in [0.2, 0.25) is 5.02 Å². The number of hydrogen-bond donors (Lipinski definition) is 0. The normalized spacial score (nSPS) is 10.3. The number of para-hydroxylation sites is 1. The highest BCUT2D eigenvalue weighted by Gasteiger charge is 2.07. The molecular formula is C14H15ClN2O. The van der Waals surface area contributed by atoms with Crippen LogP contribution in [0.1, 0.15) is 5.56 Å². The summed E-state index contributed by atoms with van der Waals surface area (Å²) < 4.78 is 7.73. The topological polar surface area (TPSA) is 27.1 Å². The van der Waals surface area contributed by atoms with Gasteiger partial charge < -0.3 is 9.30 Å². The standard InChI is InChI=1S/C14H15ClN2O/c1-2-4-12-5-3-6-13(15)14(12)18-10-9-17-8-7-16-11-17/h2-3,5-8,11H,1,4,9-10H2. The van der Waals surface area contributed by atoms with E-state index in [1.807, 2.05) is 35.0 Å². The van der Waals surface area contributed by atoms with Crippen molar-refractivity contribution in [3.8, 4) is 5.75 Å². The van der Waals surface area contributed by atoms with Gasteiger partial charge in [0.2, 0.25) is 0 Å². The summed E-state index contributed by atoms with van der Waals surface area (Å²) in [7, 11) is 0. The summed E-state index contributed by atoms with van der Waals surface area (Å²) in [5.41, 5.74) is 1.06. The molecule has 0 unspecified atom stereocenters. The smallest absolute Gasteiger partial charge is 0.141 e. The average Bonchev–Trinajstić information content (AvgIpc) is 2.86. The largest absolute Gasteiger partial charge is 0.490 e. The number of aromatic nitrogens is 2. The first-order valence-corrected chi connectivity index (χ1v) is 6.16. The molecule has 1 heterocycles. The molecule has 4 heteroatoms. The van der Waals surface area contributed by atoms with Crippen molar-refractivity contribution in [3.05, 3.63) is 60.2 Å². The fraction of sp³-hybridized carbons (Fsp3) is 0.214. The summed E-state index contributed by atoms with van der Waals surface area (Å²) >= 11 is 6.15. The van der Waals surface area contributed by atoms with Crippen LogP contribution in [0.4, 0.5) is 0 Å². The van der Waals surface area contributed by atoms with Gasteiger partial charge in [0.1, 0.15) is 12.4 Å². The van der Waals surface area contributed by atoms with E-state index >= 15 is 0 Å². The predicted molar refractivity (Wildman–Crippen MR) is 73.1 cm³/mol. The molecule has 0 N–H and O–H groups in total. The average molecular weight is 263 g/mol. The third kappa shape index (κ3) is 3.14. The van der Waals surface area contributed by atoms with E-state index in [2.05, 4.69) is 11.6 Å². The van der Waals surface area contributed by atoms with Gasteiger partial charge in [-0.1, -0.05) is 29.8 Å². The minimum Gasteiger partial charge on any atom is -0.490 e. The lowest BCUT2D eigenvalue weighted by Gasteiger charge is -2.12. The molecule has 2 aromatic rings. The predicted octanol–water partition coefficient (Wildman–Crippen LogP) is 3.34. The Kier molecular flexibility index (Phi) is 4.42. The first-order chi connectivity index (χ1) is 8.81. The fourth-order valence-corrected chi connectivity index (χ4v) is 1.95. The molecule has 2 rings (SSSR count). The molecule has 0 saturated heterocycles. The quantitative estimate of drug-likeness (QED) is 0.747. The Morgan fingerprint density at radius 1 is 1.44 bits per heavy atom. The zero-order chi connectivity index (χ0) is 12.8. The van der Waals surface area contributed by atoms with Gasteiger partial charge in [0.05, 0.1) is 17.9 Å². The van der Waals surface area contributed by atoms with Crippen LogP contribution in [-0.4, -0.2) is 16.2 Å². The molecule has 94 valence electrons. The first-order valence-electron chi connectivity index (χ1n) is 5.78. The van der Waals surface area contributed by atoms with Crippen molar-refractivity contribution in [1.29, 1.82) is 0 Å². The maximum absolute atomic E-state index is 6.15. The number of nitrogens with zero attached hydrogens (tertiary/aromatic N) is 2. The zero-order valence-electron chi connectivity index (χ0n) is 10.1. The second-order valence-corrected chi connectivity index (χ2v) is 4.28. The van der Waals surface area contributed by atoms with Crippen molar-refractivity contribution in [2.24, 2.45) is 0 Å². The van der Waals surface area contributed by atoms with Gasteiger partial charge in [-0.15, -0.1) is 6.58 Å². The van der Waals surface area contributed by atoms with Crippen molar-refractivity contribution in [2.45, 2.75) is 13.0 Å². The molecule has 1 aromatic heterocycles. The maximum atomic E-state index is 6.15. The Labute approximate surface area is 112 Å². The number of hydrogen-bond acceptors (Lipinski definition) is 2. The Balaban J connectivity index is 2.01. The zero-order valence-corrected chi connectivity index (χ0v) is 10.8. The lowest BCUT2D eigenvalue weighted by Crippen LogP contribution is -2.08. The molecule has 0 atom stereocenters. The number of allylic oxidation sites excluding steroid dienone is 1. The monoisotopic (exact) mass is 262 g/mol. The van der Waals surface area contributed by atoms with E-state index in [0.717, 1.165) is 24.3 Å². The summed E-state index contributed by atoms with van der Waals surface area (Å²) in [6, 6.07) is 5.75. The SMILES string of the molecule is C=CCc1cccc(Cl)c1OCCn1ccnc1. The molecule has 0 saturated carbocycles. The van der Waals surface area contributed by atoms with Crippen molar-refractivity contribution >= 4 is 11.6 Å². The van der Waals surface area contributed by atoms with Gasteiger partial charge in [0, 0.05) is 12.4 Å². The number of rotatable bonds is 6. The van der Waals surface area contributed by atoms with E-state index in [9.17, 15) is 0 Å². The van der Waals surface area contributed by atoms with E-state index in [4.69, 9.17) is 16.3 Å². The van der Waals surface area contributed by atoms with Crippen LogP contribution in [0.3, 0.4) is 0 Å². The molecule has 0 aliphatic carbocycles. The van der Waals surface area contributed by atoms with Gasteiger partial charge >= 0.3 is 0 Å². The van der Waals surface area contributed by atoms with E-state index in [1.165, 1.54) is 0 Å². The van der Waals surface area contributed by atoms with Gasteiger partial charge in [0.15, 0.2) is 0 Å². The Morgan fingerprint density at radius 3 is 3.06 bits per heavy atom. The molecule has 0 bridgehead atoms. The summed E-state index contributed by atoms with van der Waals surface area (Å²) in [5, 5.41) is 0.639. The molecule has 0 aliphatic heterocycles. The van der Waals surface area contributed by atoms with Crippen LogP contribution < -0.4 is 4.74 Å². The molecular weight excluding hydrogens is 248 g/mol. The van der Waals surface area contributed by atoms with Crippen LogP contribution in [0, 0.1) is 0 Å². The number of imidazole rings is 1.